The molecule has 1 amide bonds. The lowest BCUT2D eigenvalue weighted by atomic mass is 10.1. The molecule has 0 saturated carbocycles. The normalized spacial score (nSPS) is 17.9. The van der Waals surface area contributed by atoms with Gasteiger partial charge in [-0.2, -0.15) is 0 Å². The number of ether oxygens (including phenoxy) is 1. The smallest absolute Gasteiger partial charge is 0.234 e. The Morgan fingerprint density at radius 2 is 2.11 bits per heavy atom. The lowest BCUT2D eigenvalue weighted by Crippen LogP contribution is -2.46. The number of nitrogens with one attached hydrogen (secondary N) is 2. The summed E-state index contributed by atoms with van der Waals surface area (Å²) in [4.78, 5) is 13.9. The summed E-state index contributed by atoms with van der Waals surface area (Å²) in [5.41, 5.74) is 0. The average Bonchev–Trinajstić information content (AvgIpc) is 2.37. The van der Waals surface area contributed by atoms with E-state index in [-0.39, 0.29) is 5.91 Å². The molecule has 18 heavy (non-hydrogen) atoms. The molecule has 5 heteroatoms. The van der Waals surface area contributed by atoms with Gasteiger partial charge in [0, 0.05) is 39.4 Å². The first kappa shape index (κ1) is 15.4. The summed E-state index contributed by atoms with van der Waals surface area (Å²) in [6.07, 6.45) is 3.17. The third kappa shape index (κ3) is 6.33. The number of rotatable bonds is 8. The highest BCUT2D eigenvalue weighted by molar-refractivity contribution is 5.77. The molecule has 1 heterocycles. The number of hydrogen-bond donors (Lipinski definition) is 2. The van der Waals surface area contributed by atoms with Gasteiger partial charge in [0.15, 0.2) is 0 Å². The van der Waals surface area contributed by atoms with Gasteiger partial charge in [-0.3, -0.25) is 9.69 Å². The number of hydrogen-bond acceptors (Lipinski definition) is 4. The summed E-state index contributed by atoms with van der Waals surface area (Å²) in [7, 11) is 1.68. The van der Waals surface area contributed by atoms with Crippen LogP contribution in [0.4, 0.5) is 0 Å². The van der Waals surface area contributed by atoms with Gasteiger partial charge in [-0.05, 0) is 25.8 Å². The Kier molecular flexibility index (Phi) is 7.96. The summed E-state index contributed by atoms with van der Waals surface area (Å²) in [6.45, 7) is 7.15. The molecule has 1 fully saturated rings. The van der Waals surface area contributed by atoms with Crippen LogP contribution in [-0.4, -0.2) is 63.3 Å². The highest BCUT2D eigenvalue weighted by Crippen LogP contribution is 2.09. The topological polar surface area (TPSA) is 53.6 Å². The van der Waals surface area contributed by atoms with Crippen LogP contribution < -0.4 is 10.6 Å². The second-order valence-corrected chi connectivity index (χ2v) is 4.80. The maximum absolute atomic E-state index is 11.7. The number of carbonyl (C=O) groups excluding carboxylic acids is 1. The quantitative estimate of drug-likeness (QED) is 0.611. The molecule has 0 aromatic heterocycles. The molecule has 5 nitrogen and oxygen atoms in total. The van der Waals surface area contributed by atoms with Crippen LogP contribution >= 0.6 is 0 Å². The Bertz CT molecular complexity index is 228. The zero-order valence-corrected chi connectivity index (χ0v) is 11.7. The standard InChI is InChI=1S/C13H27N3O2/c1-3-14-12-5-8-16(9-6-12)11-13(17)15-7-4-10-18-2/h12,14H,3-11H2,1-2H3,(H,15,17). The van der Waals surface area contributed by atoms with Crippen molar-refractivity contribution in [2.24, 2.45) is 0 Å². The molecule has 1 aliphatic heterocycles. The van der Waals surface area contributed by atoms with E-state index in [4.69, 9.17) is 4.74 Å². The SMILES string of the molecule is CCNC1CCN(CC(=O)NCCCOC)CC1. The fourth-order valence-electron chi connectivity index (χ4n) is 2.29. The van der Waals surface area contributed by atoms with Crippen molar-refractivity contribution in [3.8, 4) is 0 Å². The summed E-state index contributed by atoms with van der Waals surface area (Å²) in [5.74, 6) is 0.132. The molecular weight excluding hydrogens is 230 g/mol. The highest BCUT2D eigenvalue weighted by Gasteiger charge is 2.19. The minimum absolute atomic E-state index is 0.132. The van der Waals surface area contributed by atoms with E-state index >= 15 is 0 Å². The summed E-state index contributed by atoms with van der Waals surface area (Å²) in [6, 6.07) is 0.635. The maximum Gasteiger partial charge on any atom is 0.234 e. The molecule has 1 aliphatic rings. The average molecular weight is 257 g/mol. The molecule has 0 aliphatic carbocycles. The van der Waals surface area contributed by atoms with E-state index in [2.05, 4.69) is 22.5 Å². The second-order valence-electron chi connectivity index (χ2n) is 4.80. The fraction of sp³-hybridized carbons (Fsp3) is 0.923. The van der Waals surface area contributed by atoms with E-state index in [1.807, 2.05) is 0 Å². The number of methoxy groups -OCH3 is 1. The molecule has 0 atom stereocenters. The Morgan fingerprint density at radius 3 is 2.72 bits per heavy atom. The van der Waals surface area contributed by atoms with Crippen molar-refractivity contribution in [3.05, 3.63) is 0 Å². The molecule has 1 saturated heterocycles. The van der Waals surface area contributed by atoms with Crippen LogP contribution in [0.5, 0.6) is 0 Å². The van der Waals surface area contributed by atoms with Gasteiger partial charge in [-0.15, -0.1) is 0 Å². The van der Waals surface area contributed by atoms with Crippen LogP contribution in [0, 0.1) is 0 Å². The zero-order chi connectivity index (χ0) is 13.2. The first-order chi connectivity index (χ1) is 8.76. The fourth-order valence-corrected chi connectivity index (χ4v) is 2.29. The van der Waals surface area contributed by atoms with E-state index in [1.165, 1.54) is 0 Å². The monoisotopic (exact) mass is 257 g/mol. The van der Waals surface area contributed by atoms with E-state index < -0.39 is 0 Å². The number of likely N-dealkylation sites (tertiary alicyclic amines) is 1. The van der Waals surface area contributed by atoms with E-state index in [1.54, 1.807) is 7.11 Å². The van der Waals surface area contributed by atoms with Gasteiger partial charge in [-0.25, -0.2) is 0 Å². The molecule has 0 aromatic carbocycles. The summed E-state index contributed by atoms with van der Waals surface area (Å²) >= 11 is 0. The molecule has 0 radical (unpaired) electrons. The van der Waals surface area contributed by atoms with Crippen LogP contribution in [0.2, 0.25) is 0 Å². The third-order valence-corrected chi connectivity index (χ3v) is 3.29. The van der Waals surface area contributed by atoms with Crippen molar-refractivity contribution in [2.75, 3.05) is 46.4 Å². The molecule has 2 N–H and O–H groups in total. The van der Waals surface area contributed by atoms with Crippen molar-refractivity contribution < 1.29 is 9.53 Å². The van der Waals surface area contributed by atoms with Crippen LogP contribution in [-0.2, 0) is 9.53 Å². The van der Waals surface area contributed by atoms with Crippen LogP contribution in [0.15, 0.2) is 0 Å². The van der Waals surface area contributed by atoms with Gasteiger partial charge in [0.2, 0.25) is 5.91 Å². The lowest BCUT2D eigenvalue weighted by molar-refractivity contribution is -0.122. The predicted molar refractivity (Wildman–Crippen MR) is 72.6 cm³/mol. The van der Waals surface area contributed by atoms with Crippen LogP contribution in [0.25, 0.3) is 0 Å². The third-order valence-electron chi connectivity index (χ3n) is 3.29. The predicted octanol–water partition coefficient (Wildman–Crippen LogP) is 0.213. The van der Waals surface area contributed by atoms with E-state index in [0.29, 0.717) is 25.7 Å². The molecule has 1 rings (SSSR count). The van der Waals surface area contributed by atoms with Crippen molar-refractivity contribution in [3.63, 3.8) is 0 Å². The molecule has 0 bridgehead atoms. The summed E-state index contributed by atoms with van der Waals surface area (Å²) in [5, 5.41) is 6.39. The molecule has 106 valence electrons. The maximum atomic E-state index is 11.7. The number of nitrogens with zero attached hydrogens (tertiary/aromatic N) is 1. The van der Waals surface area contributed by atoms with Crippen molar-refractivity contribution >= 4 is 5.91 Å². The lowest BCUT2D eigenvalue weighted by Gasteiger charge is -2.31. The first-order valence-corrected chi connectivity index (χ1v) is 6.97. The molecule has 0 aromatic rings. The molecular formula is C13H27N3O2. The number of amides is 1. The summed E-state index contributed by atoms with van der Waals surface area (Å²) < 4.78 is 4.94. The first-order valence-electron chi connectivity index (χ1n) is 6.97. The van der Waals surface area contributed by atoms with Crippen LogP contribution in [0.3, 0.4) is 0 Å². The minimum atomic E-state index is 0.132. The van der Waals surface area contributed by atoms with E-state index in [9.17, 15) is 4.79 Å². The Morgan fingerprint density at radius 1 is 1.39 bits per heavy atom. The van der Waals surface area contributed by atoms with Gasteiger partial charge < -0.3 is 15.4 Å². The van der Waals surface area contributed by atoms with Crippen LogP contribution in [0.1, 0.15) is 26.2 Å². The number of piperidine rings is 1. The number of carbonyl (C=O) groups is 1. The second kappa shape index (κ2) is 9.30. The Labute approximate surface area is 110 Å². The highest BCUT2D eigenvalue weighted by atomic mass is 16.5. The Balaban J connectivity index is 2.07. The minimum Gasteiger partial charge on any atom is -0.385 e. The van der Waals surface area contributed by atoms with E-state index in [0.717, 1.165) is 38.9 Å². The Hall–Kier alpha value is -0.650. The van der Waals surface area contributed by atoms with Gasteiger partial charge in [0.25, 0.3) is 0 Å². The van der Waals surface area contributed by atoms with Gasteiger partial charge >= 0.3 is 0 Å². The van der Waals surface area contributed by atoms with Gasteiger partial charge in [0.05, 0.1) is 6.54 Å². The molecule has 0 unspecified atom stereocenters. The van der Waals surface area contributed by atoms with Crippen molar-refractivity contribution in [2.45, 2.75) is 32.2 Å². The van der Waals surface area contributed by atoms with Crippen molar-refractivity contribution in [1.82, 2.24) is 15.5 Å². The van der Waals surface area contributed by atoms with Gasteiger partial charge in [-0.1, -0.05) is 6.92 Å². The van der Waals surface area contributed by atoms with Crippen molar-refractivity contribution in [1.29, 1.82) is 0 Å². The molecule has 0 spiro atoms. The van der Waals surface area contributed by atoms with Gasteiger partial charge in [0.1, 0.15) is 0 Å². The largest absolute Gasteiger partial charge is 0.385 e. The zero-order valence-electron chi connectivity index (χ0n) is 11.7.